The molecule has 8 heteroatoms. The minimum atomic E-state index is -3.73. The Morgan fingerprint density at radius 1 is 1.30 bits per heavy atom. The number of rotatable bonds is 6. The number of primary sulfonamides is 1. The Balaban J connectivity index is 1.97. The van der Waals surface area contributed by atoms with Crippen molar-refractivity contribution in [3.05, 3.63) is 46.7 Å². The number of hydrogen-bond acceptors (Lipinski definition) is 5. The zero-order valence-electron chi connectivity index (χ0n) is 12.9. The van der Waals surface area contributed by atoms with Crippen LogP contribution < -0.4 is 10.5 Å². The van der Waals surface area contributed by atoms with Crippen LogP contribution in [0.5, 0.6) is 0 Å². The predicted molar refractivity (Wildman–Crippen MR) is 91.7 cm³/mol. The van der Waals surface area contributed by atoms with Gasteiger partial charge in [-0.3, -0.25) is 9.69 Å². The molecular formula is C15H19N3O3S2. The van der Waals surface area contributed by atoms with Crippen LogP contribution in [-0.4, -0.2) is 32.3 Å². The van der Waals surface area contributed by atoms with Crippen molar-refractivity contribution in [2.24, 2.45) is 5.14 Å². The summed E-state index contributed by atoms with van der Waals surface area (Å²) in [6.07, 6.45) is 0. The van der Waals surface area contributed by atoms with Gasteiger partial charge in [0.2, 0.25) is 15.9 Å². The topological polar surface area (TPSA) is 92.5 Å². The molecule has 0 saturated carbocycles. The fraction of sp³-hybridized carbons (Fsp3) is 0.267. The summed E-state index contributed by atoms with van der Waals surface area (Å²) in [6, 6.07) is 9.45. The zero-order chi connectivity index (χ0) is 17.0. The molecule has 0 bridgehead atoms. The van der Waals surface area contributed by atoms with E-state index in [0.717, 1.165) is 0 Å². The number of nitrogens with one attached hydrogen (secondary N) is 1. The monoisotopic (exact) mass is 353 g/mol. The molecule has 1 aromatic carbocycles. The summed E-state index contributed by atoms with van der Waals surface area (Å²) < 4.78 is 22.4. The zero-order valence-corrected chi connectivity index (χ0v) is 14.5. The van der Waals surface area contributed by atoms with Crippen molar-refractivity contribution in [1.82, 2.24) is 4.90 Å². The van der Waals surface area contributed by atoms with E-state index in [1.54, 1.807) is 11.3 Å². The average molecular weight is 353 g/mol. The number of nitrogens with zero attached hydrogens (tertiary/aromatic N) is 1. The van der Waals surface area contributed by atoms with Crippen molar-refractivity contribution in [2.75, 3.05) is 12.4 Å². The summed E-state index contributed by atoms with van der Waals surface area (Å²) >= 11 is 1.65. The highest BCUT2D eigenvalue weighted by molar-refractivity contribution is 7.89. The van der Waals surface area contributed by atoms with E-state index in [1.165, 1.54) is 29.1 Å². The fourth-order valence-corrected chi connectivity index (χ4v) is 3.24. The molecule has 3 N–H and O–H groups in total. The van der Waals surface area contributed by atoms with Gasteiger partial charge in [0.15, 0.2) is 0 Å². The van der Waals surface area contributed by atoms with Crippen molar-refractivity contribution in [2.45, 2.75) is 24.4 Å². The van der Waals surface area contributed by atoms with Gasteiger partial charge < -0.3 is 5.32 Å². The van der Waals surface area contributed by atoms with E-state index in [1.807, 2.05) is 36.4 Å². The van der Waals surface area contributed by atoms with Crippen LogP contribution in [-0.2, 0) is 21.4 Å². The second-order valence-corrected chi connectivity index (χ2v) is 7.82. The highest BCUT2D eigenvalue weighted by Crippen LogP contribution is 2.15. The van der Waals surface area contributed by atoms with Crippen molar-refractivity contribution in [3.63, 3.8) is 0 Å². The van der Waals surface area contributed by atoms with Crippen LogP contribution in [0.25, 0.3) is 0 Å². The maximum atomic E-state index is 12.3. The molecule has 23 heavy (non-hydrogen) atoms. The number of sulfonamides is 1. The number of carbonyl (C=O) groups excluding carboxylic acids is 1. The van der Waals surface area contributed by atoms with Crippen molar-refractivity contribution >= 4 is 33.0 Å². The predicted octanol–water partition coefficient (Wildman–Crippen LogP) is 1.85. The van der Waals surface area contributed by atoms with Gasteiger partial charge in [-0.25, -0.2) is 13.6 Å². The Labute approximate surface area is 140 Å². The van der Waals surface area contributed by atoms with Gasteiger partial charge in [0.1, 0.15) is 0 Å². The van der Waals surface area contributed by atoms with Gasteiger partial charge in [0.05, 0.1) is 10.9 Å². The Morgan fingerprint density at radius 3 is 2.48 bits per heavy atom. The van der Waals surface area contributed by atoms with Crippen LogP contribution in [0.3, 0.4) is 0 Å². The lowest BCUT2D eigenvalue weighted by Crippen LogP contribution is -2.39. The minimum absolute atomic E-state index is 0.0124. The number of anilines is 1. The maximum absolute atomic E-state index is 12.3. The second-order valence-electron chi connectivity index (χ2n) is 5.23. The third kappa shape index (κ3) is 4.87. The first-order valence-corrected chi connectivity index (χ1v) is 9.36. The largest absolute Gasteiger partial charge is 0.325 e. The smallest absolute Gasteiger partial charge is 0.241 e. The molecule has 0 aliphatic heterocycles. The van der Waals surface area contributed by atoms with Gasteiger partial charge in [-0.05, 0) is 49.7 Å². The molecule has 0 aliphatic rings. The molecule has 2 aromatic rings. The summed E-state index contributed by atoms with van der Waals surface area (Å²) in [7, 11) is -1.84. The van der Waals surface area contributed by atoms with Crippen LogP contribution in [0.15, 0.2) is 46.7 Å². The van der Waals surface area contributed by atoms with Gasteiger partial charge in [-0.1, -0.05) is 6.07 Å². The van der Waals surface area contributed by atoms with Crippen LogP contribution >= 0.6 is 11.3 Å². The SMILES string of the molecule is CC(C(=O)Nc1ccc(S(N)(=O)=O)cc1)N(C)Cc1cccs1. The second kappa shape index (κ2) is 7.22. The highest BCUT2D eigenvalue weighted by atomic mass is 32.2. The van der Waals surface area contributed by atoms with E-state index in [9.17, 15) is 13.2 Å². The van der Waals surface area contributed by atoms with Crippen LogP contribution in [0.1, 0.15) is 11.8 Å². The average Bonchev–Trinajstić information content (AvgIpc) is 2.98. The molecule has 2 rings (SSSR count). The Hall–Kier alpha value is -1.74. The summed E-state index contributed by atoms with van der Waals surface area (Å²) in [4.78, 5) is 15.4. The Kier molecular flexibility index (Phi) is 5.53. The third-order valence-electron chi connectivity index (χ3n) is 3.48. The molecule has 124 valence electrons. The van der Waals surface area contributed by atoms with Crippen molar-refractivity contribution < 1.29 is 13.2 Å². The molecule has 0 saturated heterocycles. The molecule has 6 nitrogen and oxygen atoms in total. The first-order valence-electron chi connectivity index (χ1n) is 6.94. The molecule has 1 amide bonds. The lowest BCUT2D eigenvalue weighted by molar-refractivity contribution is -0.120. The van der Waals surface area contributed by atoms with E-state index < -0.39 is 10.0 Å². The number of likely N-dealkylation sites (N-methyl/N-ethyl adjacent to an activating group) is 1. The number of benzene rings is 1. The molecule has 0 fully saturated rings. The van der Waals surface area contributed by atoms with E-state index in [0.29, 0.717) is 12.2 Å². The van der Waals surface area contributed by atoms with Gasteiger partial charge in [-0.2, -0.15) is 0 Å². The molecule has 1 aromatic heterocycles. The van der Waals surface area contributed by atoms with E-state index in [2.05, 4.69) is 5.32 Å². The molecular weight excluding hydrogens is 334 g/mol. The van der Waals surface area contributed by atoms with Crippen molar-refractivity contribution in [3.8, 4) is 0 Å². The molecule has 0 radical (unpaired) electrons. The van der Waals surface area contributed by atoms with E-state index in [4.69, 9.17) is 5.14 Å². The minimum Gasteiger partial charge on any atom is -0.325 e. The summed E-state index contributed by atoms with van der Waals surface area (Å²) in [6.45, 7) is 2.51. The summed E-state index contributed by atoms with van der Waals surface area (Å²) in [5.74, 6) is -0.160. The van der Waals surface area contributed by atoms with Crippen molar-refractivity contribution in [1.29, 1.82) is 0 Å². The Bertz CT molecular complexity index is 756. The van der Waals surface area contributed by atoms with Crippen LogP contribution in [0.4, 0.5) is 5.69 Å². The number of thiophene rings is 1. The first-order chi connectivity index (χ1) is 10.8. The maximum Gasteiger partial charge on any atom is 0.241 e. The molecule has 0 aliphatic carbocycles. The number of amides is 1. The van der Waals surface area contributed by atoms with Gasteiger partial charge in [0.25, 0.3) is 0 Å². The third-order valence-corrected chi connectivity index (χ3v) is 5.27. The van der Waals surface area contributed by atoms with Crippen LogP contribution in [0.2, 0.25) is 0 Å². The fourth-order valence-electron chi connectivity index (χ4n) is 1.96. The van der Waals surface area contributed by atoms with Crippen LogP contribution in [0, 0.1) is 0 Å². The highest BCUT2D eigenvalue weighted by Gasteiger charge is 2.18. The lowest BCUT2D eigenvalue weighted by Gasteiger charge is -2.23. The summed E-state index contributed by atoms with van der Waals surface area (Å²) in [5, 5.41) is 9.81. The molecule has 1 heterocycles. The van der Waals surface area contributed by atoms with Gasteiger partial charge in [-0.15, -0.1) is 11.3 Å². The Morgan fingerprint density at radius 2 is 1.96 bits per heavy atom. The molecule has 0 spiro atoms. The normalized spacial score (nSPS) is 13.0. The first kappa shape index (κ1) is 17.6. The number of carbonyl (C=O) groups is 1. The quantitative estimate of drug-likeness (QED) is 0.829. The molecule has 1 atom stereocenters. The molecule has 1 unspecified atom stereocenters. The van der Waals surface area contributed by atoms with Gasteiger partial charge in [0, 0.05) is 17.1 Å². The van der Waals surface area contributed by atoms with E-state index >= 15 is 0 Å². The van der Waals surface area contributed by atoms with E-state index in [-0.39, 0.29) is 16.8 Å². The standard InChI is InChI=1S/C15H19N3O3S2/c1-11(18(2)10-13-4-3-9-22-13)15(19)17-12-5-7-14(8-6-12)23(16,20)21/h3-9,11H,10H2,1-2H3,(H,17,19)(H2,16,20,21). The number of nitrogens with two attached hydrogens (primary N) is 1. The van der Waals surface area contributed by atoms with Gasteiger partial charge >= 0.3 is 0 Å². The summed E-state index contributed by atoms with van der Waals surface area (Å²) in [5.41, 5.74) is 0.527. The lowest BCUT2D eigenvalue weighted by atomic mass is 10.2. The number of hydrogen-bond donors (Lipinski definition) is 2.